The highest BCUT2D eigenvalue weighted by atomic mass is 35.5. The molecular formula is C23H25ClFN5. The van der Waals surface area contributed by atoms with E-state index < -0.39 is 0 Å². The van der Waals surface area contributed by atoms with E-state index in [2.05, 4.69) is 15.6 Å². The summed E-state index contributed by atoms with van der Waals surface area (Å²) >= 11 is 6.43. The first kappa shape index (κ1) is 20.6. The molecule has 3 aromatic rings. The highest BCUT2D eigenvalue weighted by Crippen LogP contribution is 2.30. The summed E-state index contributed by atoms with van der Waals surface area (Å²) < 4.78 is 13.1. The maximum atomic E-state index is 13.1. The third-order valence-electron chi connectivity index (χ3n) is 5.39. The summed E-state index contributed by atoms with van der Waals surface area (Å²) in [5.41, 5.74) is 8.57. The van der Waals surface area contributed by atoms with Gasteiger partial charge in [0.15, 0.2) is 0 Å². The molecular weight excluding hydrogens is 401 g/mol. The number of nitrogens with zero attached hydrogens (tertiary/aromatic N) is 2. The van der Waals surface area contributed by atoms with Gasteiger partial charge in [-0.25, -0.2) is 14.4 Å². The summed E-state index contributed by atoms with van der Waals surface area (Å²) in [6.45, 7) is 0.553. The average Bonchev–Trinajstić information content (AvgIpc) is 2.76. The van der Waals surface area contributed by atoms with Gasteiger partial charge in [-0.05, 0) is 61.6 Å². The van der Waals surface area contributed by atoms with Gasteiger partial charge in [0.25, 0.3) is 0 Å². The lowest BCUT2D eigenvalue weighted by Crippen LogP contribution is -2.33. The highest BCUT2D eigenvalue weighted by Gasteiger charge is 2.19. The van der Waals surface area contributed by atoms with Crippen LogP contribution in [0.15, 0.2) is 54.7 Å². The summed E-state index contributed by atoms with van der Waals surface area (Å²) in [7, 11) is 0. The van der Waals surface area contributed by atoms with Crippen LogP contribution in [0.5, 0.6) is 0 Å². The summed E-state index contributed by atoms with van der Waals surface area (Å²) in [5.74, 6) is 1.27. The van der Waals surface area contributed by atoms with E-state index in [1.807, 2.05) is 24.3 Å². The van der Waals surface area contributed by atoms with Crippen LogP contribution in [0.2, 0.25) is 5.02 Å². The van der Waals surface area contributed by atoms with Gasteiger partial charge < -0.3 is 16.4 Å². The van der Waals surface area contributed by atoms with Gasteiger partial charge in [0, 0.05) is 30.4 Å². The lowest BCUT2D eigenvalue weighted by molar-refractivity contribution is 0.410. The Kier molecular flexibility index (Phi) is 6.45. The maximum Gasteiger partial charge on any atom is 0.126 e. The number of benzene rings is 1. The number of anilines is 2. The van der Waals surface area contributed by atoms with E-state index in [4.69, 9.17) is 22.3 Å². The van der Waals surface area contributed by atoms with Crippen LogP contribution >= 0.6 is 11.6 Å². The number of aromatic nitrogens is 2. The fraction of sp³-hybridized carbons (Fsp3) is 0.304. The predicted octanol–water partition coefficient (Wildman–Crippen LogP) is 5.23. The monoisotopic (exact) mass is 425 g/mol. The second-order valence-electron chi connectivity index (χ2n) is 7.69. The fourth-order valence-electron chi connectivity index (χ4n) is 3.66. The topological polar surface area (TPSA) is 75.9 Å². The van der Waals surface area contributed by atoms with Crippen LogP contribution < -0.4 is 16.4 Å². The summed E-state index contributed by atoms with van der Waals surface area (Å²) in [6.07, 6.45) is 5.81. The predicted molar refractivity (Wildman–Crippen MR) is 120 cm³/mol. The molecule has 2 aromatic heterocycles. The highest BCUT2D eigenvalue weighted by molar-refractivity contribution is 6.33. The largest absolute Gasteiger partial charge is 0.367 e. The van der Waals surface area contributed by atoms with E-state index in [1.165, 1.54) is 12.1 Å². The number of hydrogen-bond acceptors (Lipinski definition) is 5. The number of hydrogen-bond donors (Lipinski definition) is 3. The van der Waals surface area contributed by atoms with Crippen molar-refractivity contribution in [3.63, 3.8) is 0 Å². The third-order valence-corrected chi connectivity index (χ3v) is 5.69. The van der Waals surface area contributed by atoms with E-state index in [0.717, 1.165) is 54.1 Å². The molecule has 4 rings (SSSR count). The molecule has 30 heavy (non-hydrogen) atoms. The Balaban J connectivity index is 1.47. The lowest BCUT2D eigenvalue weighted by Gasteiger charge is -2.27. The van der Waals surface area contributed by atoms with E-state index >= 15 is 0 Å². The van der Waals surface area contributed by atoms with Crippen molar-refractivity contribution in [3.05, 3.63) is 71.1 Å². The van der Waals surface area contributed by atoms with Crippen molar-refractivity contribution in [1.29, 1.82) is 0 Å². The van der Waals surface area contributed by atoms with Crippen molar-refractivity contribution in [2.45, 2.75) is 44.3 Å². The first-order valence-corrected chi connectivity index (χ1v) is 10.6. The Morgan fingerprint density at radius 1 is 1.03 bits per heavy atom. The molecule has 1 aliphatic carbocycles. The molecule has 0 amide bonds. The van der Waals surface area contributed by atoms with Gasteiger partial charge in [-0.2, -0.15) is 0 Å². The Labute approximate surface area is 180 Å². The second kappa shape index (κ2) is 9.41. The minimum absolute atomic E-state index is 0.244. The lowest BCUT2D eigenvalue weighted by atomic mass is 9.92. The zero-order valence-corrected chi connectivity index (χ0v) is 17.4. The average molecular weight is 426 g/mol. The molecule has 0 aliphatic heterocycles. The Bertz CT molecular complexity index is 987. The standard InChI is InChI=1S/C23H25ClFN5/c24-20-14-28-23(29-18-10-8-17(26)9-11-18)12-19(20)21-2-1-3-22(30-21)27-13-15-4-6-16(25)7-5-15/h1-7,12,14,17-18H,8-11,13,26H2,(H,27,30)(H,28,29). The van der Waals surface area contributed by atoms with E-state index in [-0.39, 0.29) is 5.82 Å². The molecule has 156 valence electrons. The zero-order valence-electron chi connectivity index (χ0n) is 16.6. The van der Waals surface area contributed by atoms with Crippen LogP contribution in [0.1, 0.15) is 31.2 Å². The van der Waals surface area contributed by atoms with Crippen molar-refractivity contribution < 1.29 is 4.39 Å². The second-order valence-corrected chi connectivity index (χ2v) is 8.10. The van der Waals surface area contributed by atoms with Crippen LogP contribution in [-0.4, -0.2) is 22.1 Å². The Morgan fingerprint density at radius 3 is 2.57 bits per heavy atom. The molecule has 5 nitrogen and oxygen atoms in total. The number of rotatable bonds is 6. The molecule has 7 heteroatoms. The van der Waals surface area contributed by atoms with Crippen molar-refractivity contribution in [1.82, 2.24) is 9.97 Å². The first-order valence-electron chi connectivity index (χ1n) is 10.2. The van der Waals surface area contributed by atoms with Gasteiger partial charge in [-0.3, -0.25) is 0 Å². The van der Waals surface area contributed by atoms with E-state index in [0.29, 0.717) is 23.7 Å². The quantitative estimate of drug-likeness (QED) is 0.504. The number of nitrogens with one attached hydrogen (secondary N) is 2. The number of pyridine rings is 2. The number of halogens is 2. The molecule has 0 atom stereocenters. The molecule has 0 unspecified atom stereocenters. The van der Waals surface area contributed by atoms with E-state index in [1.54, 1.807) is 18.3 Å². The van der Waals surface area contributed by atoms with Gasteiger partial charge in [0.2, 0.25) is 0 Å². The van der Waals surface area contributed by atoms with Crippen LogP contribution in [-0.2, 0) is 6.54 Å². The summed E-state index contributed by atoms with van der Waals surface area (Å²) in [6, 6.07) is 14.8. The summed E-state index contributed by atoms with van der Waals surface area (Å²) in [5, 5.41) is 7.33. The smallest absolute Gasteiger partial charge is 0.126 e. The molecule has 1 aromatic carbocycles. The molecule has 0 bridgehead atoms. The maximum absolute atomic E-state index is 13.1. The van der Waals surface area contributed by atoms with Crippen LogP contribution in [0.25, 0.3) is 11.3 Å². The normalized spacial score (nSPS) is 18.8. The minimum Gasteiger partial charge on any atom is -0.367 e. The van der Waals surface area contributed by atoms with Gasteiger partial charge in [-0.15, -0.1) is 0 Å². The van der Waals surface area contributed by atoms with Crippen LogP contribution in [0.3, 0.4) is 0 Å². The van der Waals surface area contributed by atoms with Gasteiger partial charge >= 0.3 is 0 Å². The molecule has 4 N–H and O–H groups in total. The first-order chi connectivity index (χ1) is 14.6. The van der Waals surface area contributed by atoms with Gasteiger partial charge in [-0.1, -0.05) is 29.8 Å². The molecule has 1 aliphatic rings. The fourth-order valence-corrected chi connectivity index (χ4v) is 3.86. The molecule has 0 saturated heterocycles. The minimum atomic E-state index is -0.244. The third kappa shape index (κ3) is 5.26. The zero-order chi connectivity index (χ0) is 20.9. The molecule has 0 spiro atoms. The number of nitrogens with two attached hydrogens (primary N) is 1. The van der Waals surface area contributed by atoms with Crippen molar-refractivity contribution in [2.75, 3.05) is 10.6 Å². The van der Waals surface area contributed by atoms with Crippen LogP contribution in [0.4, 0.5) is 16.0 Å². The molecule has 2 heterocycles. The van der Waals surface area contributed by atoms with E-state index in [9.17, 15) is 4.39 Å². The molecule has 0 radical (unpaired) electrons. The van der Waals surface area contributed by atoms with Gasteiger partial charge in [0.1, 0.15) is 17.5 Å². The van der Waals surface area contributed by atoms with Crippen LogP contribution in [0, 0.1) is 5.82 Å². The van der Waals surface area contributed by atoms with Gasteiger partial charge in [0.05, 0.1) is 10.7 Å². The molecule has 1 fully saturated rings. The SMILES string of the molecule is NC1CCC(Nc2cc(-c3cccc(NCc4ccc(F)cc4)n3)c(Cl)cn2)CC1. The Morgan fingerprint density at radius 2 is 1.80 bits per heavy atom. The summed E-state index contributed by atoms with van der Waals surface area (Å²) in [4.78, 5) is 9.13. The Hall–Kier alpha value is -2.70. The van der Waals surface area contributed by atoms with Crippen molar-refractivity contribution >= 4 is 23.2 Å². The van der Waals surface area contributed by atoms with Crippen molar-refractivity contribution in [3.8, 4) is 11.3 Å². The molecule has 1 saturated carbocycles. The van der Waals surface area contributed by atoms with Crippen molar-refractivity contribution in [2.24, 2.45) is 5.73 Å².